The topological polar surface area (TPSA) is 69.0 Å². The average Bonchev–Trinajstić information content (AvgIpc) is 3.50. The minimum Gasteiger partial charge on any atom is -0.492 e. The van der Waals surface area contributed by atoms with Crippen LogP contribution in [0, 0.1) is 6.92 Å². The van der Waals surface area contributed by atoms with Gasteiger partial charge in [-0.05, 0) is 48.1 Å². The number of hydrogen-bond acceptors (Lipinski definition) is 6. The number of ether oxygens (including phenoxy) is 1. The van der Waals surface area contributed by atoms with Gasteiger partial charge in [0.15, 0.2) is 5.16 Å². The Balaban J connectivity index is 1.30. The molecule has 6 nitrogen and oxygen atoms in total. The van der Waals surface area contributed by atoms with Crippen LogP contribution in [0.25, 0.3) is 0 Å². The summed E-state index contributed by atoms with van der Waals surface area (Å²) >= 11 is 3.13. The van der Waals surface area contributed by atoms with Crippen molar-refractivity contribution in [1.82, 2.24) is 20.1 Å². The fourth-order valence-electron chi connectivity index (χ4n) is 3.48. The third-order valence-electron chi connectivity index (χ3n) is 5.19. The summed E-state index contributed by atoms with van der Waals surface area (Å²) in [5.74, 6) is 1.98. The van der Waals surface area contributed by atoms with Crippen LogP contribution in [-0.2, 0) is 24.2 Å². The van der Waals surface area contributed by atoms with Crippen molar-refractivity contribution in [2.45, 2.75) is 31.5 Å². The number of hydrogen-bond donors (Lipinski definition) is 1. The summed E-state index contributed by atoms with van der Waals surface area (Å²) in [4.78, 5) is 13.6. The number of aromatic nitrogens is 3. The quantitative estimate of drug-likeness (QED) is 0.228. The molecule has 0 bridgehead atoms. The van der Waals surface area contributed by atoms with Crippen LogP contribution in [0.4, 0.5) is 0 Å². The van der Waals surface area contributed by atoms with Crippen LogP contribution in [0.5, 0.6) is 5.75 Å². The van der Waals surface area contributed by atoms with Crippen molar-refractivity contribution in [3.63, 3.8) is 0 Å². The number of aryl methyl sites for hydroxylation is 2. The highest BCUT2D eigenvalue weighted by Gasteiger charge is 2.15. The van der Waals surface area contributed by atoms with E-state index in [4.69, 9.17) is 4.74 Å². The molecule has 1 amide bonds. The number of thiophene rings is 1. The molecule has 34 heavy (non-hydrogen) atoms. The molecular weight excluding hydrogens is 464 g/mol. The number of nitrogens with zero attached hydrogens (tertiary/aromatic N) is 3. The number of carbonyl (C=O) groups excluding carboxylic acids is 1. The lowest BCUT2D eigenvalue weighted by atomic mass is 10.1. The van der Waals surface area contributed by atoms with E-state index in [0.29, 0.717) is 13.2 Å². The van der Waals surface area contributed by atoms with Crippen molar-refractivity contribution in [1.29, 1.82) is 0 Å². The average molecular weight is 493 g/mol. The number of nitrogens with one attached hydrogen (secondary N) is 1. The van der Waals surface area contributed by atoms with Gasteiger partial charge in [-0.15, -0.1) is 21.5 Å². The van der Waals surface area contributed by atoms with Crippen molar-refractivity contribution in [3.05, 3.63) is 93.9 Å². The predicted molar refractivity (Wildman–Crippen MR) is 138 cm³/mol. The molecule has 0 saturated carbocycles. The van der Waals surface area contributed by atoms with E-state index >= 15 is 0 Å². The first-order chi connectivity index (χ1) is 16.7. The van der Waals surface area contributed by atoms with Crippen molar-refractivity contribution >= 4 is 29.0 Å². The maximum Gasteiger partial charge on any atom is 0.230 e. The summed E-state index contributed by atoms with van der Waals surface area (Å²) in [5, 5.41) is 14.6. The van der Waals surface area contributed by atoms with Gasteiger partial charge >= 0.3 is 0 Å². The molecule has 2 aromatic carbocycles. The van der Waals surface area contributed by atoms with E-state index in [9.17, 15) is 4.79 Å². The molecular formula is C26H28N4O2S2. The van der Waals surface area contributed by atoms with Crippen LogP contribution < -0.4 is 10.1 Å². The van der Waals surface area contributed by atoms with E-state index in [2.05, 4.69) is 55.8 Å². The molecule has 2 heterocycles. The molecule has 0 spiro atoms. The summed E-state index contributed by atoms with van der Waals surface area (Å²) in [5.41, 5.74) is 2.41. The fraction of sp³-hybridized carbons (Fsp3) is 0.269. The van der Waals surface area contributed by atoms with Crippen LogP contribution in [0.3, 0.4) is 0 Å². The first-order valence-corrected chi connectivity index (χ1v) is 13.1. The summed E-state index contributed by atoms with van der Waals surface area (Å²) in [6.07, 6.45) is 1.62. The molecule has 4 aromatic rings. The second-order valence-corrected chi connectivity index (χ2v) is 9.82. The molecule has 2 aromatic heterocycles. The number of amides is 1. The Labute approximate surface area is 208 Å². The Bertz CT molecular complexity index is 1180. The largest absolute Gasteiger partial charge is 0.492 e. The minimum absolute atomic E-state index is 0.0461. The van der Waals surface area contributed by atoms with E-state index in [1.165, 1.54) is 22.2 Å². The van der Waals surface area contributed by atoms with Gasteiger partial charge in [0, 0.05) is 17.8 Å². The van der Waals surface area contributed by atoms with Crippen LogP contribution in [-0.4, -0.2) is 39.6 Å². The number of carbonyl (C=O) groups is 1. The molecule has 1 N–H and O–H groups in total. The molecule has 4 rings (SSSR count). The molecule has 0 aliphatic heterocycles. The van der Waals surface area contributed by atoms with E-state index in [-0.39, 0.29) is 11.7 Å². The monoisotopic (exact) mass is 492 g/mol. The Morgan fingerprint density at radius 3 is 2.76 bits per heavy atom. The van der Waals surface area contributed by atoms with Gasteiger partial charge in [0.1, 0.15) is 18.2 Å². The predicted octanol–water partition coefficient (Wildman–Crippen LogP) is 4.77. The molecule has 0 aliphatic rings. The summed E-state index contributed by atoms with van der Waals surface area (Å²) in [7, 11) is 0. The van der Waals surface area contributed by atoms with E-state index in [0.717, 1.165) is 41.7 Å². The Kier molecular flexibility index (Phi) is 8.76. The highest BCUT2D eigenvalue weighted by atomic mass is 32.2. The second-order valence-electron chi connectivity index (χ2n) is 7.85. The molecule has 8 heteroatoms. The number of benzene rings is 2. The third-order valence-corrected chi connectivity index (χ3v) is 7.03. The fourth-order valence-corrected chi connectivity index (χ4v) is 5.00. The number of thioether (sulfide) groups is 1. The molecule has 0 aliphatic carbocycles. The lowest BCUT2D eigenvalue weighted by molar-refractivity contribution is -0.118. The smallest absolute Gasteiger partial charge is 0.230 e. The van der Waals surface area contributed by atoms with Crippen molar-refractivity contribution in [2.24, 2.45) is 0 Å². The molecule has 0 unspecified atom stereocenters. The van der Waals surface area contributed by atoms with Gasteiger partial charge in [-0.25, -0.2) is 0 Å². The van der Waals surface area contributed by atoms with Gasteiger partial charge in [-0.2, -0.15) is 0 Å². The third kappa shape index (κ3) is 7.20. The van der Waals surface area contributed by atoms with Gasteiger partial charge in [0.2, 0.25) is 5.91 Å². The van der Waals surface area contributed by atoms with Crippen LogP contribution in [0.15, 0.2) is 77.3 Å². The van der Waals surface area contributed by atoms with Gasteiger partial charge in [0.05, 0.1) is 12.3 Å². The molecule has 0 fully saturated rings. The van der Waals surface area contributed by atoms with E-state index in [1.807, 2.05) is 43.3 Å². The second kappa shape index (κ2) is 12.4. The molecule has 0 radical (unpaired) electrons. The number of rotatable bonds is 12. The summed E-state index contributed by atoms with van der Waals surface area (Å²) in [6.45, 7) is 3.68. The van der Waals surface area contributed by atoms with E-state index < -0.39 is 0 Å². The summed E-state index contributed by atoms with van der Waals surface area (Å²) < 4.78 is 7.84. The van der Waals surface area contributed by atoms with E-state index in [1.54, 1.807) is 11.3 Å². The van der Waals surface area contributed by atoms with Crippen molar-refractivity contribution in [3.8, 4) is 5.75 Å². The highest BCUT2D eigenvalue weighted by molar-refractivity contribution is 7.99. The van der Waals surface area contributed by atoms with Gasteiger partial charge in [-0.3, -0.25) is 4.79 Å². The molecule has 176 valence electrons. The van der Waals surface area contributed by atoms with Crippen LogP contribution in [0.1, 0.15) is 21.8 Å². The zero-order valence-corrected chi connectivity index (χ0v) is 20.8. The first kappa shape index (κ1) is 24.0. The standard InChI is InChI=1S/C26H28N4O2S2/c1-20-7-5-10-22(17-20)32-15-13-27-25(31)19-34-26-29-28-24(18-23-11-6-16-33-23)30(26)14-12-21-8-3-2-4-9-21/h2-11,16-17H,12-15,18-19H2,1H3,(H,27,31). The zero-order chi connectivity index (χ0) is 23.6. The maximum atomic E-state index is 12.4. The van der Waals surface area contributed by atoms with Gasteiger partial charge < -0.3 is 14.6 Å². The minimum atomic E-state index is -0.0461. The SMILES string of the molecule is Cc1cccc(OCCNC(=O)CSc2nnc(Cc3cccs3)n2CCc2ccccc2)c1. The van der Waals surface area contributed by atoms with Crippen molar-refractivity contribution < 1.29 is 9.53 Å². The highest BCUT2D eigenvalue weighted by Crippen LogP contribution is 2.21. The van der Waals surface area contributed by atoms with Crippen LogP contribution in [0.2, 0.25) is 0 Å². The normalized spacial score (nSPS) is 10.9. The molecule has 0 atom stereocenters. The van der Waals surface area contributed by atoms with Crippen LogP contribution >= 0.6 is 23.1 Å². The lowest BCUT2D eigenvalue weighted by Gasteiger charge is -2.11. The van der Waals surface area contributed by atoms with Gasteiger partial charge in [-0.1, -0.05) is 60.3 Å². The Morgan fingerprint density at radius 2 is 1.97 bits per heavy atom. The Morgan fingerprint density at radius 1 is 1.09 bits per heavy atom. The Hall–Kier alpha value is -3.10. The van der Waals surface area contributed by atoms with Gasteiger partial charge in [0.25, 0.3) is 0 Å². The zero-order valence-electron chi connectivity index (χ0n) is 19.1. The summed E-state index contributed by atoms with van der Waals surface area (Å²) in [6, 6.07) is 22.4. The lowest BCUT2D eigenvalue weighted by Crippen LogP contribution is -2.29. The molecule has 0 saturated heterocycles. The van der Waals surface area contributed by atoms with Crippen molar-refractivity contribution in [2.75, 3.05) is 18.9 Å². The maximum absolute atomic E-state index is 12.4. The first-order valence-electron chi connectivity index (χ1n) is 11.2.